The summed E-state index contributed by atoms with van der Waals surface area (Å²) in [6, 6.07) is 6.92. The summed E-state index contributed by atoms with van der Waals surface area (Å²) < 4.78 is 10.3. The average Bonchev–Trinajstić information content (AvgIpc) is 2.65. The van der Waals surface area contributed by atoms with E-state index in [1.165, 1.54) is 0 Å². The van der Waals surface area contributed by atoms with Crippen molar-refractivity contribution in [2.24, 2.45) is 5.92 Å². The number of nitrogens with one attached hydrogen (secondary N) is 2. The van der Waals surface area contributed by atoms with Gasteiger partial charge in [-0.2, -0.15) is 0 Å². The standard InChI is InChI=1S/C21H29N3O4S/c1-13(2)11-17(25)22-16-8-6-7-15(12-16)19-18(20(26)28-10-9-27-5)14(3)24(4)21(29)23-19/h6-8,12-13,19H,9-11H2,1-5H3,(H,22,25)(H,23,29)/t19-/m0/s1. The number of nitrogens with zero attached hydrogens (tertiary/aromatic N) is 1. The summed E-state index contributed by atoms with van der Waals surface area (Å²) in [6.07, 6.45) is 0.441. The van der Waals surface area contributed by atoms with Crippen molar-refractivity contribution in [3.63, 3.8) is 0 Å². The molecule has 158 valence electrons. The van der Waals surface area contributed by atoms with Crippen LogP contribution in [0.1, 0.15) is 38.8 Å². The molecule has 2 N–H and O–H groups in total. The molecule has 0 radical (unpaired) electrons. The van der Waals surface area contributed by atoms with Gasteiger partial charge in [0, 0.05) is 32.0 Å². The molecule has 8 heteroatoms. The lowest BCUT2D eigenvalue weighted by Crippen LogP contribution is -2.46. The Balaban J connectivity index is 2.32. The second-order valence-corrected chi connectivity index (χ2v) is 7.73. The van der Waals surface area contributed by atoms with Crippen molar-refractivity contribution in [3.8, 4) is 0 Å². The fraction of sp³-hybridized carbons (Fsp3) is 0.476. The summed E-state index contributed by atoms with van der Waals surface area (Å²) in [4.78, 5) is 26.7. The number of benzene rings is 1. The molecule has 1 heterocycles. The fourth-order valence-electron chi connectivity index (χ4n) is 3.02. The van der Waals surface area contributed by atoms with Crippen molar-refractivity contribution in [2.45, 2.75) is 33.2 Å². The van der Waals surface area contributed by atoms with Gasteiger partial charge in [-0.3, -0.25) is 4.79 Å². The van der Waals surface area contributed by atoms with Crippen LogP contribution < -0.4 is 10.6 Å². The van der Waals surface area contributed by atoms with E-state index in [9.17, 15) is 9.59 Å². The maximum Gasteiger partial charge on any atom is 0.338 e. The Labute approximate surface area is 177 Å². The smallest absolute Gasteiger partial charge is 0.338 e. The van der Waals surface area contributed by atoms with Crippen molar-refractivity contribution in [2.75, 3.05) is 32.7 Å². The van der Waals surface area contributed by atoms with Crippen LogP contribution in [0.15, 0.2) is 35.5 Å². The number of carbonyl (C=O) groups is 2. The Morgan fingerprint density at radius 3 is 2.69 bits per heavy atom. The van der Waals surface area contributed by atoms with Gasteiger partial charge in [-0.1, -0.05) is 26.0 Å². The van der Waals surface area contributed by atoms with E-state index in [0.717, 1.165) is 11.3 Å². The van der Waals surface area contributed by atoms with Crippen LogP contribution in [0.4, 0.5) is 5.69 Å². The van der Waals surface area contributed by atoms with Crippen LogP contribution in [0.2, 0.25) is 0 Å². The molecule has 0 bridgehead atoms. The Hall–Kier alpha value is -2.45. The van der Waals surface area contributed by atoms with E-state index in [1.807, 2.05) is 45.0 Å². The highest BCUT2D eigenvalue weighted by atomic mass is 32.1. The number of anilines is 1. The molecule has 0 saturated carbocycles. The molecule has 1 amide bonds. The third kappa shape index (κ3) is 6.01. The molecular weight excluding hydrogens is 390 g/mol. The van der Waals surface area contributed by atoms with E-state index >= 15 is 0 Å². The number of hydrogen-bond acceptors (Lipinski definition) is 5. The van der Waals surface area contributed by atoms with E-state index < -0.39 is 12.0 Å². The fourth-order valence-corrected chi connectivity index (χ4v) is 3.28. The maximum absolute atomic E-state index is 12.8. The van der Waals surface area contributed by atoms with E-state index in [1.54, 1.807) is 19.1 Å². The number of ether oxygens (including phenoxy) is 2. The predicted molar refractivity (Wildman–Crippen MR) is 116 cm³/mol. The normalized spacial score (nSPS) is 16.7. The summed E-state index contributed by atoms with van der Waals surface area (Å²) in [5, 5.41) is 6.62. The second kappa shape index (κ2) is 10.4. The number of esters is 1. The molecule has 7 nitrogen and oxygen atoms in total. The molecule has 0 fully saturated rings. The quantitative estimate of drug-likeness (QED) is 0.381. The van der Waals surface area contributed by atoms with Crippen LogP contribution >= 0.6 is 12.2 Å². The predicted octanol–water partition coefficient (Wildman–Crippen LogP) is 3.00. The monoisotopic (exact) mass is 419 g/mol. The molecule has 0 aromatic heterocycles. The maximum atomic E-state index is 12.8. The number of carbonyl (C=O) groups excluding carboxylic acids is 2. The summed E-state index contributed by atoms with van der Waals surface area (Å²) in [7, 11) is 3.35. The highest BCUT2D eigenvalue weighted by molar-refractivity contribution is 7.80. The van der Waals surface area contributed by atoms with Crippen LogP contribution in [0.3, 0.4) is 0 Å². The Morgan fingerprint density at radius 2 is 2.03 bits per heavy atom. The Morgan fingerprint density at radius 1 is 1.31 bits per heavy atom. The van der Waals surface area contributed by atoms with Gasteiger partial charge < -0.3 is 25.0 Å². The summed E-state index contributed by atoms with van der Waals surface area (Å²) in [5.74, 6) is -0.208. The zero-order valence-corrected chi connectivity index (χ0v) is 18.4. The molecule has 29 heavy (non-hydrogen) atoms. The largest absolute Gasteiger partial charge is 0.460 e. The van der Waals surface area contributed by atoms with Crippen molar-refractivity contribution < 1.29 is 19.1 Å². The topological polar surface area (TPSA) is 79.9 Å². The zero-order chi connectivity index (χ0) is 21.6. The van der Waals surface area contributed by atoms with Crippen molar-refractivity contribution in [1.29, 1.82) is 0 Å². The molecule has 1 aromatic carbocycles. The van der Waals surface area contributed by atoms with Crippen LogP contribution in [0.5, 0.6) is 0 Å². The first-order chi connectivity index (χ1) is 13.7. The molecule has 0 spiro atoms. The molecule has 1 aromatic rings. The number of methoxy groups -OCH3 is 1. The third-order valence-corrected chi connectivity index (χ3v) is 4.98. The van der Waals surface area contributed by atoms with Crippen molar-refractivity contribution in [1.82, 2.24) is 10.2 Å². The van der Waals surface area contributed by atoms with Gasteiger partial charge in [-0.15, -0.1) is 0 Å². The molecule has 0 saturated heterocycles. The van der Waals surface area contributed by atoms with Crippen LogP contribution in [-0.2, 0) is 19.1 Å². The number of rotatable bonds is 8. The molecular formula is C21H29N3O4S. The van der Waals surface area contributed by atoms with Gasteiger partial charge in [0.15, 0.2) is 5.11 Å². The SMILES string of the molecule is COCCOC(=O)C1=C(C)N(C)C(=S)N[C@H]1c1cccc(NC(=O)CC(C)C)c1. The number of allylic oxidation sites excluding steroid dienone is 1. The third-order valence-electron chi connectivity index (χ3n) is 4.59. The second-order valence-electron chi connectivity index (χ2n) is 7.34. The minimum atomic E-state index is -0.476. The van der Waals surface area contributed by atoms with Gasteiger partial charge in [0.2, 0.25) is 5.91 Å². The molecule has 0 aliphatic carbocycles. The zero-order valence-electron chi connectivity index (χ0n) is 17.6. The molecule has 1 atom stereocenters. The minimum absolute atomic E-state index is 0.0464. The molecule has 2 rings (SSSR count). The average molecular weight is 420 g/mol. The highest BCUT2D eigenvalue weighted by Crippen LogP contribution is 2.32. The van der Waals surface area contributed by atoms with Crippen LogP contribution in [-0.4, -0.2) is 49.3 Å². The van der Waals surface area contributed by atoms with Gasteiger partial charge in [0.25, 0.3) is 0 Å². The summed E-state index contributed by atoms with van der Waals surface area (Å²) >= 11 is 5.42. The van der Waals surface area contributed by atoms with E-state index in [0.29, 0.717) is 29.4 Å². The molecule has 1 aliphatic rings. The van der Waals surface area contributed by atoms with Gasteiger partial charge in [-0.25, -0.2) is 4.79 Å². The Bertz CT molecular complexity index is 807. The van der Waals surface area contributed by atoms with E-state index in [-0.39, 0.29) is 18.4 Å². The lowest BCUT2D eigenvalue weighted by atomic mass is 9.94. The van der Waals surface area contributed by atoms with E-state index in [2.05, 4.69) is 10.6 Å². The van der Waals surface area contributed by atoms with Crippen LogP contribution in [0, 0.1) is 5.92 Å². The number of thiocarbonyl (C=S) groups is 1. The van der Waals surface area contributed by atoms with Gasteiger partial charge >= 0.3 is 5.97 Å². The van der Waals surface area contributed by atoms with E-state index in [4.69, 9.17) is 21.7 Å². The molecule has 0 unspecified atom stereocenters. The highest BCUT2D eigenvalue weighted by Gasteiger charge is 2.33. The first-order valence-electron chi connectivity index (χ1n) is 9.55. The minimum Gasteiger partial charge on any atom is -0.460 e. The first kappa shape index (κ1) is 22.8. The van der Waals surface area contributed by atoms with Gasteiger partial charge in [-0.05, 0) is 42.8 Å². The lowest BCUT2D eigenvalue weighted by molar-refractivity contribution is -0.140. The summed E-state index contributed by atoms with van der Waals surface area (Å²) in [6.45, 7) is 6.31. The first-order valence-corrected chi connectivity index (χ1v) is 9.96. The van der Waals surface area contributed by atoms with Crippen molar-refractivity contribution >= 4 is 34.9 Å². The molecule has 1 aliphatic heterocycles. The lowest BCUT2D eigenvalue weighted by Gasteiger charge is -2.35. The number of amides is 1. The van der Waals surface area contributed by atoms with Gasteiger partial charge in [0.1, 0.15) is 6.61 Å². The van der Waals surface area contributed by atoms with Crippen molar-refractivity contribution in [3.05, 3.63) is 41.1 Å². The van der Waals surface area contributed by atoms with Gasteiger partial charge in [0.05, 0.1) is 18.2 Å². The summed E-state index contributed by atoms with van der Waals surface area (Å²) in [5.41, 5.74) is 2.67. The Kier molecular flexibility index (Phi) is 8.16. The number of hydrogen-bond donors (Lipinski definition) is 2. The van der Waals surface area contributed by atoms with Crippen LogP contribution in [0.25, 0.3) is 0 Å².